The molecule has 4 rings (SSSR count). The minimum absolute atomic E-state index is 0.0603. The highest BCUT2D eigenvalue weighted by atomic mass is 16.5. The second kappa shape index (κ2) is 6.68. The van der Waals surface area contributed by atoms with Crippen LogP contribution in [-0.2, 0) is 0 Å². The Bertz CT molecular complexity index is 876. The summed E-state index contributed by atoms with van der Waals surface area (Å²) < 4.78 is 10.8. The molecular formula is C19H25N5O3. The van der Waals surface area contributed by atoms with Gasteiger partial charge in [0.05, 0.1) is 19.8 Å². The van der Waals surface area contributed by atoms with Gasteiger partial charge in [-0.25, -0.2) is 0 Å². The summed E-state index contributed by atoms with van der Waals surface area (Å²) in [7, 11) is 3.31. The van der Waals surface area contributed by atoms with E-state index >= 15 is 0 Å². The van der Waals surface area contributed by atoms with Gasteiger partial charge in [-0.2, -0.15) is 4.98 Å². The molecule has 0 radical (unpaired) electrons. The maximum Gasteiger partial charge on any atom is 0.257 e. The van der Waals surface area contributed by atoms with Crippen molar-refractivity contribution in [3.63, 3.8) is 0 Å². The van der Waals surface area contributed by atoms with E-state index in [1.165, 1.54) is 0 Å². The number of rotatable bonds is 4. The van der Waals surface area contributed by atoms with Crippen LogP contribution in [-0.4, -0.2) is 36.3 Å². The van der Waals surface area contributed by atoms with E-state index in [1.54, 1.807) is 14.2 Å². The Hall–Kier alpha value is -2.90. The van der Waals surface area contributed by atoms with Crippen LogP contribution in [0, 0.1) is 0 Å². The SMILES string of the molecule is COc1cc(OC)cc(N2C3CCC2CC(c2c(N)nc(N)[nH]c2=O)C3)c1. The van der Waals surface area contributed by atoms with E-state index < -0.39 is 0 Å². The van der Waals surface area contributed by atoms with Gasteiger partial charge in [-0.15, -0.1) is 0 Å². The van der Waals surface area contributed by atoms with Gasteiger partial charge >= 0.3 is 0 Å². The molecule has 0 aliphatic carbocycles. The van der Waals surface area contributed by atoms with Crippen LogP contribution in [0.4, 0.5) is 17.5 Å². The average molecular weight is 371 g/mol. The second-order valence-electron chi connectivity index (χ2n) is 7.28. The van der Waals surface area contributed by atoms with Gasteiger partial charge in [0.25, 0.3) is 5.56 Å². The normalized spacial score (nSPS) is 24.1. The first-order valence-electron chi connectivity index (χ1n) is 9.16. The van der Waals surface area contributed by atoms with Gasteiger partial charge in [0.2, 0.25) is 5.95 Å². The van der Waals surface area contributed by atoms with Gasteiger partial charge in [0, 0.05) is 36.0 Å². The molecule has 0 spiro atoms. The number of nitrogens with zero attached hydrogens (tertiary/aromatic N) is 2. The minimum atomic E-state index is -0.221. The van der Waals surface area contributed by atoms with Crippen LogP contribution in [0.1, 0.15) is 37.2 Å². The Morgan fingerprint density at radius 2 is 1.67 bits per heavy atom. The largest absolute Gasteiger partial charge is 0.497 e. The van der Waals surface area contributed by atoms with E-state index in [0.717, 1.165) is 42.9 Å². The lowest BCUT2D eigenvalue weighted by molar-refractivity contribution is 0.390. The molecule has 1 aromatic carbocycles. The average Bonchev–Trinajstić information content (AvgIpc) is 2.90. The standard InChI is InChI=1S/C19H25N5O3/c1-26-14-7-13(8-15(9-14)27-2)24-11-3-4-12(24)6-10(5-11)16-17(20)22-19(21)23-18(16)25/h7-12H,3-6H2,1-2H3,(H5,20,21,22,23,25). The predicted octanol–water partition coefficient (Wildman–Crippen LogP) is 1.87. The Labute approximate surface area is 157 Å². The lowest BCUT2D eigenvalue weighted by atomic mass is 9.85. The van der Waals surface area contributed by atoms with Crippen molar-refractivity contribution in [2.24, 2.45) is 0 Å². The molecule has 2 unspecified atom stereocenters. The number of methoxy groups -OCH3 is 2. The van der Waals surface area contributed by atoms with Crippen LogP contribution in [0.5, 0.6) is 11.5 Å². The molecule has 1 aromatic heterocycles. The molecule has 0 saturated carbocycles. The molecule has 2 aromatic rings. The van der Waals surface area contributed by atoms with Gasteiger partial charge in [-0.1, -0.05) is 0 Å². The third kappa shape index (κ3) is 3.05. The van der Waals surface area contributed by atoms with E-state index in [2.05, 4.69) is 14.9 Å². The molecule has 3 heterocycles. The summed E-state index contributed by atoms with van der Waals surface area (Å²) in [5.41, 5.74) is 13.1. The molecule has 5 N–H and O–H groups in total. The number of aromatic amines is 1. The van der Waals surface area contributed by atoms with E-state index in [0.29, 0.717) is 17.6 Å². The molecule has 2 aliphatic heterocycles. The third-order valence-electron chi connectivity index (χ3n) is 5.78. The minimum Gasteiger partial charge on any atom is -0.497 e. The van der Waals surface area contributed by atoms with Crippen molar-refractivity contribution in [3.05, 3.63) is 34.1 Å². The van der Waals surface area contributed by atoms with E-state index in [4.69, 9.17) is 20.9 Å². The van der Waals surface area contributed by atoms with Gasteiger partial charge in [0.15, 0.2) is 0 Å². The number of benzene rings is 1. The number of piperidine rings is 1. The summed E-state index contributed by atoms with van der Waals surface area (Å²) in [5.74, 6) is 1.94. The monoisotopic (exact) mass is 371 g/mol. The Balaban J connectivity index is 1.65. The Morgan fingerprint density at radius 3 is 2.19 bits per heavy atom. The Kier molecular flexibility index (Phi) is 4.33. The summed E-state index contributed by atoms with van der Waals surface area (Å²) in [6.07, 6.45) is 3.88. The predicted molar refractivity (Wildman–Crippen MR) is 104 cm³/mol. The first kappa shape index (κ1) is 17.5. The van der Waals surface area contributed by atoms with Crippen LogP contribution < -0.4 is 31.4 Å². The fourth-order valence-corrected chi connectivity index (χ4v) is 4.69. The van der Waals surface area contributed by atoms with Crippen LogP contribution in [0.15, 0.2) is 23.0 Å². The summed E-state index contributed by atoms with van der Waals surface area (Å²) in [5, 5.41) is 0. The summed E-state index contributed by atoms with van der Waals surface area (Å²) in [6.45, 7) is 0. The molecule has 8 nitrogen and oxygen atoms in total. The molecule has 2 atom stereocenters. The van der Waals surface area contributed by atoms with Crippen LogP contribution in [0.25, 0.3) is 0 Å². The van der Waals surface area contributed by atoms with Crippen LogP contribution in [0.3, 0.4) is 0 Å². The highest BCUT2D eigenvalue weighted by molar-refractivity contribution is 5.58. The van der Waals surface area contributed by atoms with Crippen molar-refractivity contribution < 1.29 is 9.47 Å². The number of fused-ring (bicyclic) bond motifs is 2. The fourth-order valence-electron chi connectivity index (χ4n) is 4.69. The van der Waals surface area contributed by atoms with Crippen molar-refractivity contribution in [2.45, 2.75) is 43.7 Å². The third-order valence-corrected chi connectivity index (χ3v) is 5.78. The van der Waals surface area contributed by atoms with Crippen molar-refractivity contribution in [1.29, 1.82) is 0 Å². The lowest BCUT2D eigenvalue weighted by Gasteiger charge is -2.40. The zero-order valence-corrected chi connectivity index (χ0v) is 15.6. The second-order valence-corrected chi connectivity index (χ2v) is 7.28. The number of anilines is 3. The quantitative estimate of drug-likeness (QED) is 0.750. The zero-order chi connectivity index (χ0) is 19.1. The zero-order valence-electron chi connectivity index (χ0n) is 15.6. The number of aromatic nitrogens is 2. The summed E-state index contributed by atoms with van der Waals surface area (Å²) >= 11 is 0. The summed E-state index contributed by atoms with van der Waals surface area (Å²) in [6, 6.07) is 6.63. The number of ether oxygens (including phenoxy) is 2. The van der Waals surface area contributed by atoms with Gasteiger partial charge < -0.3 is 25.8 Å². The fraction of sp³-hybridized carbons (Fsp3) is 0.474. The van der Waals surface area contributed by atoms with Crippen molar-refractivity contribution in [1.82, 2.24) is 9.97 Å². The highest BCUT2D eigenvalue weighted by Crippen LogP contribution is 2.46. The van der Waals surface area contributed by atoms with Crippen LogP contribution >= 0.6 is 0 Å². The number of hydrogen-bond donors (Lipinski definition) is 3. The maximum absolute atomic E-state index is 12.4. The van der Waals surface area contributed by atoms with Gasteiger partial charge in [0.1, 0.15) is 17.3 Å². The van der Waals surface area contributed by atoms with Crippen molar-refractivity contribution in [2.75, 3.05) is 30.6 Å². The van der Waals surface area contributed by atoms with Crippen molar-refractivity contribution in [3.8, 4) is 11.5 Å². The lowest BCUT2D eigenvalue weighted by Crippen LogP contribution is -2.43. The first-order valence-corrected chi connectivity index (χ1v) is 9.16. The number of nitrogens with one attached hydrogen (secondary N) is 1. The number of hydrogen-bond acceptors (Lipinski definition) is 7. The number of nitrogens with two attached hydrogens (primary N) is 2. The van der Waals surface area contributed by atoms with Crippen molar-refractivity contribution >= 4 is 17.5 Å². The molecule has 144 valence electrons. The molecule has 2 saturated heterocycles. The van der Waals surface area contributed by atoms with Gasteiger partial charge in [-0.05, 0) is 31.6 Å². The number of H-pyrrole nitrogens is 1. The van der Waals surface area contributed by atoms with E-state index in [-0.39, 0.29) is 23.2 Å². The van der Waals surface area contributed by atoms with E-state index in [9.17, 15) is 4.79 Å². The highest BCUT2D eigenvalue weighted by Gasteiger charge is 2.42. The first-order chi connectivity index (χ1) is 13.0. The smallest absolute Gasteiger partial charge is 0.257 e. The molecule has 0 amide bonds. The molecule has 2 bridgehead atoms. The van der Waals surface area contributed by atoms with E-state index in [1.807, 2.05) is 18.2 Å². The maximum atomic E-state index is 12.4. The Morgan fingerprint density at radius 1 is 1.07 bits per heavy atom. The van der Waals surface area contributed by atoms with Crippen LogP contribution in [0.2, 0.25) is 0 Å². The summed E-state index contributed by atoms with van der Waals surface area (Å²) in [4.78, 5) is 21.5. The molecular weight excluding hydrogens is 346 g/mol. The molecule has 2 aliphatic rings. The molecule has 27 heavy (non-hydrogen) atoms. The molecule has 8 heteroatoms. The topological polar surface area (TPSA) is 119 Å². The molecule has 2 fully saturated rings. The van der Waals surface area contributed by atoms with Gasteiger partial charge in [-0.3, -0.25) is 9.78 Å². The number of nitrogen functional groups attached to an aromatic ring is 2.